The highest BCUT2D eigenvalue weighted by Gasteiger charge is 2.90. The molecule has 0 aromatic carbocycles. The highest BCUT2D eigenvalue weighted by molar-refractivity contribution is 6.27. The van der Waals surface area contributed by atoms with E-state index in [1.165, 1.54) is 0 Å². The van der Waals surface area contributed by atoms with Gasteiger partial charge < -0.3 is 24.4 Å². The summed E-state index contributed by atoms with van der Waals surface area (Å²) in [5.74, 6) is -2.41. The zero-order valence-electron chi connectivity index (χ0n) is 16.2. The Kier molecular flexibility index (Phi) is 3.87. The molecule has 0 aromatic heterocycles. The molecule has 152 valence electrons. The molecule has 2 N–H and O–H groups in total. The van der Waals surface area contributed by atoms with Gasteiger partial charge in [0.15, 0.2) is 0 Å². The highest BCUT2D eigenvalue weighted by atomic mass is 35.5. The number of esters is 2. The summed E-state index contributed by atoms with van der Waals surface area (Å²) in [5.41, 5.74) is -4.17. The van der Waals surface area contributed by atoms with Gasteiger partial charge in [0.1, 0.15) is 22.7 Å². The van der Waals surface area contributed by atoms with Crippen molar-refractivity contribution in [2.75, 3.05) is 0 Å². The van der Waals surface area contributed by atoms with Gasteiger partial charge in [-0.3, -0.25) is 9.59 Å². The summed E-state index contributed by atoms with van der Waals surface area (Å²) >= 11 is 7.08. The summed E-state index contributed by atoms with van der Waals surface area (Å²) < 4.78 is 17.3. The van der Waals surface area contributed by atoms with Gasteiger partial charge in [-0.05, 0) is 13.8 Å². The third-order valence-electron chi connectivity index (χ3n) is 7.13. The first-order valence-corrected chi connectivity index (χ1v) is 9.90. The molecule has 4 aliphatic rings. The van der Waals surface area contributed by atoms with Crippen LogP contribution in [0.1, 0.15) is 47.5 Å². The number of ether oxygens (including phenoxy) is 3. The maximum atomic E-state index is 12.4. The van der Waals surface area contributed by atoms with Crippen molar-refractivity contribution in [1.82, 2.24) is 0 Å². The van der Waals surface area contributed by atoms with Gasteiger partial charge in [0.2, 0.25) is 0 Å². The molecule has 9 atom stereocenters. The molecule has 2 saturated carbocycles. The number of fused-ring (bicyclic) bond motifs is 2. The van der Waals surface area contributed by atoms with Crippen LogP contribution in [0.2, 0.25) is 0 Å². The number of hydrogen-bond donors (Lipinski definition) is 2. The van der Waals surface area contributed by atoms with Crippen molar-refractivity contribution in [2.45, 2.75) is 87.4 Å². The van der Waals surface area contributed by atoms with Gasteiger partial charge in [0, 0.05) is 18.8 Å². The molecule has 8 heteroatoms. The van der Waals surface area contributed by atoms with Crippen molar-refractivity contribution < 1.29 is 34.0 Å². The Bertz CT molecular complexity index is 704. The Balaban J connectivity index is 1.85. The number of alkyl halides is 1. The molecular weight excluding hydrogens is 376 g/mol. The minimum atomic E-state index is -1.54. The predicted octanol–water partition coefficient (Wildman–Crippen LogP) is 1.16. The van der Waals surface area contributed by atoms with Crippen LogP contribution in [0.3, 0.4) is 0 Å². The number of hydrogen-bond acceptors (Lipinski definition) is 7. The molecule has 9 unspecified atom stereocenters. The zero-order chi connectivity index (χ0) is 20.2. The fraction of sp³-hybridized carbons (Fsp3) is 0.895. The van der Waals surface area contributed by atoms with Gasteiger partial charge in [0.25, 0.3) is 0 Å². The molecule has 27 heavy (non-hydrogen) atoms. The number of aliphatic hydroxyl groups is 2. The second kappa shape index (κ2) is 5.38. The minimum absolute atomic E-state index is 0.0503. The van der Waals surface area contributed by atoms with E-state index in [0.29, 0.717) is 0 Å². The predicted molar refractivity (Wildman–Crippen MR) is 93.9 cm³/mol. The van der Waals surface area contributed by atoms with Gasteiger partial charge in [-0.15, -0.1) is 11.6 Å². The van der Waals surface area contributed by atoms with Crippen molar-refractivity contribution in [3.8, 4) is 0 Å². The fourth-order valence-electron chi connectivity index (χ4n) is 5.67. The largest absolute Gasteiger partial charge is 0.462 e. The third-order valence-corrected chi connectivity index (χ3v) is 8.04. The van der Waals surface area contributed by atoms with E-state index in [-0.39, 0.29) is 18.8 Å². The Hall–Kier alpha value is -0.890. The fourth-order valence-corrected chi connectivity index (χ4v) is 6.30. The molecule has 7 nitrogen and oxygen atoms in total. The highest BCUT2D eigenvalue weighted by Crippen LogP contribution is 2.72. The Morgan fingerprint density at radius 2 is 1.89 bits per heavy atom. The van der Waals surface area contributed by atoms with Crippen LogP contribution in [0.25, 0.3) is 0 Å². The number of carbonyl (C=O) groups is 2. The lowest BCUT2D eigenvalue weighted by Crippen LogP contribution is -2.66. The molecule has 0 bridgehead atoms. The quantitative estimate of drug-likeness (QED) is 0.405. The lowest BCUT2D eigenvalue weighted by Gasteiger charge is -2.46. The lowest BCUT2D eigenvalue weighted by molar-refractivity contribution is -0.161. The van der Waals surface area contributed by atoms with Crippen molar-refractivity contribution in [2.24, 2.45) is 17.8 Å². The van der Waals surface area contributed by atoms with Crippen molar-refractivity contribution in [3.63, 3.8) is 0 Å². The zero-order valence-corrected chi connectivity index (χ0v) is 16.9. The van der Waals surface area contributed by atoms with E-state index in [1.807, 2.05) is 0 Å². The molecule has 4 rings (SSSR count). The van der Waals surface area contributed by atoms with Gasteiger partial charge in [-0.25, -0.2) is 0 Å². The standard InChI is InChI=1S/C19H27ClO7/c1-8(2)14(21)25-10-6-17(5,24)19-11(27-19)7-16(4,23)18(19,20)13-12(10)9(3)15(22)26-13/h8-13,23-24H,6-7H2,1-5H3. The molecule has 1 spiro atoms. The summed E-state index contributed by atoms with van der Waals surface area (Å²) in [6.07, 6.45) is -1.89. The Labute approximate surface area is 163 Å². The first-order valence-electron chi connectivity index (χ1n) is 9.52. The molecule has 2 heterocycles. The van der Waals surface area contributed by atoms with Crippen LogP contribution in [-0.4, -0.2) is 62.1 Å². The second-order valence-corrected chi connectivity index (χ2v) is 9.96. The smallest absolute Gasteiger partial charge is 0.309 e. The Morgan fingerprint density at radius 3 is 2.48 bits per heavy atom. The number of carbonyl (C=O) groups excluding carboxylic acids is 2. The minimum Gasteiger partial charge on any atom is -0.462 e. The van der Waals surface area contributed by atoms with Crippen LogP contribution >= 0.6 is 11.6 Å². The van der Waals surface area contributed by atoms with Crippen LogP contribution < -0.4 is 0 Å². The van der Waals surface area contributed by atoms with Crippen LogP contribution in [0.5, 0.6) is 0 Å². The number of rotatable bonds is 2. The second-order valence-electron chi connectivity index (χ2n) is 9.36. The number of halogens is 1. The summed E-state index contributed by atoms with van der Waals surface area (Å²) in [4.78, 5) is 23.2. The average molecular weight is 403 g/mol. The summed E-state index contributed by atoms with van der Waals surface area (Å²) in [5, 5.41) is 22.6. The number of epoxide rings is 1. The molecular formula is C19H27ClO7. The van der Waals surface area contributed by atoms with Gasteiger partial charge in [0.05, 0.1) is 29.1 Å². The van der Waals surface area contributed by atoms with Crippen molar-refractivity contribution in [1.29, 1.82) is 0 Å². The van der Waals surface area contributed by atoms with E-state index in [0.717, 1.165) is 0 Å². The first-order chi connectivity index (χ1) is 12.3. The molecule has 0 aromatic rings. The van der Waals surface area contributed by atoms with Gasteiger partial charge in [-0.1, -0.05) is 20.8 Å². The van der Waals surface area contributed by atoms with E-state index in [4.69, 9.17) is 25.8 Å². The van der Waals surface area contributed by atoms with Crippen molar-refractivity contribution in [3.05, 3.63) is 0 Å². The van der Waals surface area contributed by atoms with E-state index in [1.54, 1.807) is 34.6 Å². The van der Waals surface area contributed by atoms with Crippen LogP contribution in [0.15, 0.2) is 0 Å². The van der Waals surface area contributed by atoms with E-state index in [2.05, 4.69) is 0 Å². The molecule has 0 amide bonds. The summed E-state index contributed by atoms with van der Waals surface area (Å²) in [6.45, 7) is 8.31. The normalized spacial score (nSPS) is 56.0. The summed E-state index contributed by atoms with van der Waals surface area (Å²) in [7, 11) is 0. The van der Waals surface area contributed by atoms with Crippen LogP contribution in [-0.2, 0) is 23.8 Å². The molecule has 2 aliphatic heterocycles. The molecule has 2 aliphatic carbocycles. The third kappa shape index (κ3) is 2.14. The topological polar surface area (TPSA) is 106 Å². The van der Waals surface area contributed by atoms with Crippen LogP contribution in [0, 0.1) is 17.8 Å². The lowest BCUT2D eigenvalue weighted by atomic mass is 9.71. The average Bonchev–Trinajstić information content (AvgIpc) is 3.14. The maximum absolute atomic E-state index is 12.4. The van der Waals surface area contributed by atoms with E-state index >= 15 is 0 Å². The Morgan fingerprint density at radius 1 is 1.26 bits per heavy atom. The molecule has 4 fully saturated rings. The van der Waals surface area contributed by atoms with E-state index < -0.39 is 63.8 Å². The van der Waals surface area contributed by atoms with Crippen LogP contribution in [0.4, 0.5) is 0 Å². The maximum Gasteiger partial charge on any atom is 0.309 e. The van der Waals surface area contributed by atoms with Gasteiger partial charge >= 0.3 is 11.9 Å². The van der Waals surface area contributed by atoms with E-state index in [9.17, 15) is 19.8 Å². The molecule has 0 radical (unpaired) electrons. The van der Waals surface area contributed by atoms with Crippen molar-refractivity contribution >= 4 is 23.5 Å². The van der Waals surface area contributed by atoms with Gasteiger partial charge in [-0.2, -0.15) is 0 Å². The SMILES string of the molecule is CC(C)C(=O)OC1CC(C)(O)C23OC2CC(C)(O)C3(Cl)C2OC(=O)C(C)C12. The molecule has 2 saturated heterocycles. The first kappa shape index (κ1) is 19.4. The monoisotopic (exact) mass is 402 g/mol. The summed E-state index contributed by atoms with van der Waals surface area (Å²) in [6, 6.07) is 0.